The lowest BCUT2D eigenvalue weighted by atomic mass is 9.99. The summed E-state index contributed by atoms with van der Waals surface area (Å²) in [6, 6.07) is 4.15. The van der Waals surface area contributed by atoms with Crippen molar-refractivity contribution in [1.29, 1.82) is 0 Å². The third kappa shape index (κ3) is 8.85. The number of rotatable bonds is 15. The maximum Gasteiger partial charge on any atom is 0.404 e. The summed E-state index contributed by atoms with van der Waals surface area (Å²) in [6.07, 6.45) is -7.87. The van der Waals surface area contributed by atoms with E-state index < -0.39 is 54.6 Å². The van der Waals surface area contributed by atoms with E-state index in [4.69, 9.17) is 29.4 Å². The average molecular weight is 598 g/mol. The molecule has 1 aromatic carbocycles. The third-order valence-corrected chi connectivity index (χ3v) is 5.99. The number of hydrogen-bond donors (Lipinski definition) is 6. The number of nitrogens with zero attached hydrogens (tertiary/aromatic N) is 1. The van der Waals surface area contributed by atoms with Crippen LogP contribution in [0.2, 0.25) is 0 Å². The zero-order valence-corrected chi connectivity index (χ0v) is 22.1. The van der Waals surface area contributed by atoms with Gasteiger partial charge in [0.15, 0.2) is 6.10 Å². The molecule has 0 radical (unpaired) electrons. The molecule has 42 heavy (non-hydrogen) atoms. The summed E-state index contributed by atoms with van der Waals surface area (Å²) < 4.78 is 26.5. The van der Waals surface area contributed by atoms with E-state index in [1.165, 1.54) is 18.2 Å². The Labute approximate surface area is 238 Å². The van der Waals surface area contributed by atoms with Crippen molar-refractivity contribution in [1.82, 2.24) is 10.2 Å². The molecule has 5 atom stereocenters. The first-order valence-electron chi connectivity index (χ1n) is 12.6. The first kappa shape index (κ1) is 32.2. The van der Waals surface area contributed by atoms with Crippen LogP contribution >= 0.6 is 0 Å². The van der Waals surface area contributed by atoms with E-state index in [9.17, 15) is 44.4 Å². The number of hydrogen-bond acceptors (Lipinski definition) is 13. The second-order valence-corrected chi connectivity index (χ2v) is 8.95. The minimum Gasteiger partial charge on any atom is -0.491 e. The van der Waals surface area contributed by atoms with Gasteiger partial charge >= 0.3 is 12.1 Å². The molecule has 3 rings (SSSR count). The monoisotopic (exact) mass is 597 g/mol. The van der Waals surface area contributed by atoms with Gasteiger partial charge in [0.2, 0.25) is 12.2 Å². The van der Waals surface area contributed by atoms with Crippen LogP contribution in [0.15, 0.2) is 30.4 Å². The molecule has 0 aromatic heterocycles. The quantitative estimate of drug-likeness (QED) is 0.0894. The molecule has 4 amide bonds. The molecule has 1 aromatic rings. The molecule has 1 fully saturated rings. The van der Waals surface area contributed by atoms with Gasteiger partial charge in [-0.25, -0.2) is 9.59 Å². The molecule has 2 aliphatic rings. The highest BCUT2D eigenvalue weighted by molar-refractivity contribution is 6.13. The van der Waals surface area contributed by atoms with Crippen LogP contribution in [-0.2, 0) is 40.0 Å². The van der Waals surface area contributed by atoms with Gasteiger partial charge < -0.3 is 55.2 Å². The molecule has 230 valence electrons. The first-order chi connectivity index (χ1) is 20.0. The van der Waals surface area contributed by atoms with E-state index in [-0.39, 0.29) is 63.3 Å². The van der Waals surface area contributed by atoms with E-state index in [1.54, 1.807) is 0 Å². The van der Waals surface area contributed by atoms with Crippen molar-refractivity contribution < 1.29 is 68.1 Å². The van der Waals surface area contributed by atoms with E-state index in [0.29, 0.717) is 5.56 Å². The molecule has 17 nitrogen and oxygen atoms in total. The molecule has 2 heterocycles. The molecule has 0 aliphatic carbocycles. The van der Waals surface area contributed by atoms with E-state index in [0.717, 1.165) is 17.1 Å². The van der Waals surface area contributed by atoms with Crippen LogP contribution in [0, 0.1) is 0 Å². The van der Waals surface area contributed by atoms with Crippen LogP contribution in [0.5, 0.6) is 11.5 Å². The molecule has 0 unspecified atom stereocenters. The lowest BCUT2D eigenvalue weighted by Crippen LogP contribution is -2.61. The lowest BCUT2D eigenvalue weighted by Gasteiger charge is -2.38. The number of carboxylic acid groups (broad SMARTS) is 1. The smallest absolute Gasteiger partial charge is 0.404 e. The number of nitrogens with two attached hydrogens (primary N) is 1. The second-order valence-electron chi connectivity index (χ2n) is 8.95. The number of primary amides is 1. The number of aliphatic hydroxyl groups excluding tert-OH is 3. The van der Waals surface area contributed by atoms with Crippen LogP contribution in [0.4, 0.5) is 4.79 Å². The average Bonchev–Trinajstić information content (AvgIpc) is 3.27. The number of amides is 4. The van der Waals surface area contributed by atoms with Crippen molar-refractivity contribution in [3.05, 3.63) is 35.9 Å². The van der Waals surface area contributed by atoms with Gasteiger partial charge in [-0.2, -0.15) is 0 Å². The number of benzene rings is 1. The zero-order chi connectivity index (χ0) is 30.8. The Morgan fingerprint density at radius 2 is 1.71 bits per heavy atom. The van der Waals surface area contributed by atoms with Gasteiger partial charge in [-0.05, 0) is 12.1 Å². The number of aliphatic carboxylic acids is 1. The summed E-state index contributed by atoms with van der Waals surface area (Å²) in [5.74, 6) is -2.72. The molecule has 7 N–H and O–H groups in total. The Hall–Kier alpha value is -4.29. The summed E-state index contributed by atoms with van der Waals surface area (Å²) in [4.78, 5) is 58.2. The van der Waals surface area contributed by atoms with Gasteiger partial charge in [0, 0.05) is 43.3 Å². The van der Waals surface area contributed by atoms with Crippen molar-refractivity contribution in [2.45, 2.75) is 43.7 Å². The topological polar surface area (TPSA) is 254 Å². The van der Waals surface area contributed by atoms with Crippen molar-refractivity contribution in [3.63, 3.8) is 0 Å². The van der Waals surface area contributed by atoms with Crippen LogP contribution in [0.25, 0.3) is 0 Å². The van der Waals surface area contributed by atoms with Crippen molar-refractivity contribution in [2.75, 3.05) is 32.9 Å². The third-order valence-electron chi connectivity index (χ3n) is 5.99. The van der Waals surface area contributed by atoms with Crippen LogP contribution < -0.4 is 20.5 Å². The summed E-state index contributed by atoms with van der Waals surface area (Å²) in [6.45, 7) is 0.0217. The molecule has 2 aliphatic heterocycles. The van der Waals surface area contributed by atoms with Gasteiger partial charge in [-0.3, -0.25) is 19.3 Å². The van der Waals surface area contributed by atoms with Gasteiger partial charge in [0.1, 0.15) is 43.0 Å². The number of carboxylic acids is 1. The standard InChI is InChI=1S/C25H31N3O14/c26-25(37)40-12-13-1-2-14(41-24-21(34)19(32)20(33)22(42-24)23(35)36)11-15(13)39-10-9-38-8-6-27-16(29)5-7-28-17(30)3-4-18(28)31/h1-4,11,19-22,24,32-34H,5-10,12H2,(H2,26,37)(H,27,29)(H,35,36)/t19-,20-,21+,22-,24+/m0/s1. The Kier molecular flexibility index (Phi) is 11.6. The summed E-state index contributed by atoms with van der Waals surface area (Å²) in [5, 5.41) is 41.8. The number of nitrogens with one attached hydrogen (secondary N) is 1. The minimum absolute atomic E-state index is 0.0122. The van der Waals surface area contributed by atoms with E-state index in [2.05, 4.69) is 5.32 Å². The van der Waals surface area contributed by atoms with Crippen molar-refractivity contribution in [3.8, 4) is 11.5 Å². The molecule has 0 saturated carbocycles. The second kappa shape index (κ2) is 15.1. The Balaban J connectivity index is 1.47. The number of ether oxygens (including phenoxy) is 5. The fourth-order valence-corrected chi connectivity index (χ4v) is 3.82. The number of carbonyl (C=O) groups is 5. The molecule has 0 bridgehead atoms. The van der Waals surface area contributed by atoms with Crippen LogP contribution in [0.3, 0.4) is 0 Å². The number of aliphatic hydroxyl groups is 3. The predicted molar refractivity (Wildman–Crippen MR) is 136 cm³/mol. The maximum atomic E-state index is 11.9. The normalized spacial score (nSPS) is 23.5. The SMILES string of the molecule is NC(=O)OCc1ccc(O[C@@H]2O[C@H](C(=O)O)[C@@H](O)[C@H](O)[C@H]2O)cc1OCCOCCNC(=O)CCN1C(=O)C=CC1=O. The molecule has 17 heteroatoms. The van der Waals surface area contributed by atoms with Crippen molar-refractivity contribution >= 4 is 29.8 Å². The lowest BCUT2D eigenvalue weighted by molar-refractivity contribution is -0.271. The van der Waals surface area contributed by atoms with Gasteiger partial charge in [0.25, 0.3) is 11.8 Å². The fraction of sp³-hybridized carbons (Fsp3) is 0.480. The van der Waals surface area contributed by atoms with Crippen LogP contribution in [0.1, 0.15) is 12.0 Å². The van der Waals surface area contributed by atoms with Gasteiger partial charge in [0.05, 0.1) is 13.2 Å². The molecular formula is C25H31N3O14. The summed E-state index contributed by atoms with van der Waals surface area (Å²) in [5.41, 5.74) is 5.39. The Morgan fingerprint density at radius 1 is 1.00 bits per heavy atom. The fourth-order valence-electron chi connectivity index (χ4n) is 3.82. The molecular weight excluding hydrogens is 566 g/mol. The molecule has 1 saturated heterocycles. The highest BCUT2D eigenvalue weighted by Gasteiger charge is 2.48. The Morgan fingerprint density at radius 3 is 2.38 bits per heavy atom. The number of carbonyl (C=O) groups excluding carboxylic acids is 4. The predicted octanol–water partition coefficient (Wildman–Crippen LogP) is -2.62. The number of imide groups is 1. The highest BCUT2D eigenvalue weighted by atomic mass is 16.7. The zero-order valence-electron chi connectivity index (χ0n) is 22.1. The van der Waals surface area contributed by atoms with E-state index >= 15 is 0 Å². The Bertz CT molecular complexity index is 1170. The molecule has 0 spiro atoms. The largest absolute Gasteiger partial charge is 0.491 e. The highest BCUT2D eigenvalue weighted by Crippen LogP contribution is 2.29. The maximum absolute atomic E-state index is 11.9. The van der Waals surface area contributed by atoms with E-state index in [1.807, 2.05) is 0 Å². The summed E-state index contributed by atoms with van der Waals surface area (Å²) in [7, 11) is 0. The minimum atomic E-state index is -1.89. The van der Waals surface area contributed by atoms with Gasteiger partial charge in [-0.15, -0.1) is 0 Å². The van der Waals surface area contributed by atoms with Crippen LogP contribution in [-0.4, -0.2) is 119 Å². The van der Waals surface area contributed by atoms with Gasteiger partial charge in [-0.1, -0.05) is 0 Å². The first-order valence-corrected chi connectivity index (χ1v) is 12.6. The summed E-state index contributed by atoms with van der Waals surface area (Å²) >= 11 is 0. The van der Waals surface area contributed by atoms with Crippen molar-refractivity contribution in [2.24, 2.45) is 5.73 Å².